The summed E-state index contributed by atoms with van der Waals surface area (Å²) in [6, 6.07) is 15.2. The Bertz CT molecular complexity index is 1340. The molecule has 0 bridgehead atoms. The Hall–Kier alpha value is -3.34. The number of halogens is 4. The highest BCUT2D eigenvalue weighted by atomic mass is 35.5. The summed E-state index contributed by atoms with van der Waals surface area (Å²) >= 11 is 6.55. The van der Waals surface area contributed by atoms with Gasteiger partial charge in [-0.3, -0.25) is 14.6 Å². The first-order valence-electron chi connectivity index (χ1n) is 14.1. The fourth-order valence-corrected chi connectivity index (χ4v) is 5.90. The highest BCUT2D eigenvalue weighted by Gasteiger charge is 2.30. The fourth-order valence-electron chi connectivity index (χ4n) is 5.61. The molecule has 5 rings (SSSR count). The number of alkyl halides is 3. The first kappa shape index (κ1) is 30.1. The number of hydrogen-bond donors (Lipinski definition) is 1. The number of ether oxygens (including phenoxy) is 1. The Morgan fingerprint density at radius 2 is 1.62 bits per heavy atom. The van der Waals surface area contributed by atoms with Gasteiger partial charge in [0.1, 0.15) is 11.6 Å². The van der Waals surface area contributed by atoms with Crippen LogP contribution in [0.15, 0.2) is 60.8 Å². The number of rotatable bonds is 8. The lowest BCUT2D eigenvalue weighted by Crippen LogP contribution is -2.53. The molecule has 1 N–H and O–H groups in total. The summed E-state index contributed by atoms with van der Waals surface area (Å²) in [5.74, 6) is 1.15. The minimum absolute atomic E-state index is 0.0959. The number of amides is 1. The third-order valence-corrected chi connectivity index (χ3v) is 8.35. The first-order valence-corrected chi connectivity index (χ1v) is 14.5. The maximum Gasteiger partial charge on any atom is 0.416 e. The largest absolute Gasteiger partial charge is 0.497 e. The van der Waals surface area contributed by atoms with Gasteiger partial charge in [0, 0.05) is 51.5 Å². The number of anilines is 1. The Morgan fingerprint density at radius 1 is 0.976 bits per heavy atom. The third kappa shape index (κ3) is 7.53. The van der Waals surface area contributed by atoms with Crippen molar-refractivity contribution in [1.29, 1.82) is 0 Å². The Morgan fingerprint density at radius 3 is 2.21 bits per heavy atom. The average Bonchev–Trinajstić information content (AvgIpc) is 3.00. The molecular weight excluding hydrogens is 567 g/mol. The molecule has 0 spiro atoms. The molecule has 2 fully saturated rings. The molecule has 1 aromatic heterocycles. The SMILES string of the molecule is COc1ccc(CN2CCC(N3CCN(c4ncc(C(=O)NCc5ccc(C(F)(F)F)cc5)cc4Cl)CC3)CC2)cc1. The van der Waals surface area contributed by atoms with Gasteiger partial charge in [0.25, 0.3) is 5.91 Å². The number of likely N-dealkylation sites (tertiary alicyclic amines) is 1. The molecule has 224 valence electrons. The van der Waals surface area contributed by atoms with Gasteiger partial charge in [0.2, 0.25) is 0 Å². The Labute approximate surface area is 249 Å². The summed E-state index contributed by atoms with van der Waals surface area (Å²) in [5, 5.41) is 3.12. The maximum atomic E-state index is 12.8. The van der Waals surface area contributed by atoms with E-state index in [0.717, 1.165) is 76.5 Å². The molecule has 0 radical (unpaired) electrons. The van der Waals surface area contributed by atoms with E-state index in [1.807, 2.05) is 12.1 Å². The molecule has 3 aromatic rings. The number of benzene rings is 2. The molecule has 42 heavy (non-hydrogen) atoms. The zero-order valence-corrected chi connectivity index (χ0v) is 24.3. The number of carbonyl (C=O) groups excluding carboxylic acids is 1. The quantitative estimate of drug-likeness (QED) is 0.369. The van der Waals surface area contributed by atoms with Gasteiger partial charge in [0.05, 0.1) is 23.3 Å². The number of piperazine rings is 1. The third-order valence-electron chi connectivity index (χ3n) is 8.07. The molecule has 0 atom stereocenters. The van der Waals surface area contributed by atoms with Crippen molar-refractivity contribution in [3.8, 4) is 5.75 Å². The van der Waals surface area contributed by atoms with Crippen molar-refractivity contribution in [3.05, 3.63) is 88.1 Å². The van der Waals surface area contributed by atoms with Crippen LogP contribution < -0.4 is 15.0 Å². The summed E-state index contributed by atoms with van der Waals surface area (Å²) in [6.07, 6.45) is -0.611. The van der Waals surface area contributed by atoms with Crippen molar-refractivity contribution in [1.82, 2.24) is 20.1 Å². The van der Waals surface area contributed by atoms with E-state index in [1.165, 1.54) is 23.9 Å². The van der Waals surface area contributed by atoms with Crippen LogP contribution in [0.2, 0.25) is 5.02 Å². The Kier molecular flexibility index (Phi) is 9.55. The van der Waals surface area contributed by atoms with E-state index >= 15 is 0 Å². The number of carbonyl (C=O) groups is 1. The van der Waals surface area contributed by atoms with Crippen molar-refractivity contribution < 1.29 is 22.7 Å². The van der Waals surface area contributed by atoms with Crippen LogP contribution in [0.5, 0.6) is 5.75 Å². The number of nitrogens with zero attached hydrogens (tertiary/aromatic N) is 4. The molecule has 0 aliphatic carbocycles. The smallest absolute Gasteiger partial charge is 0.416 e. The topological polar surface area (TPSA) is 60.9 Å². The molecule has 2 saturated heterocycles. The van der Waals surface area contributed by atoms with Gasteiger partial charge in [-0.25, -0.2) is 4.98 Å². The normalized spacial score (nSPS) is 17.3. The van der Waals surface area contributed by atoms with Crippen LogP contribution in [0.25, 0.3) is 0 Å². The predicted molar refractivity (Wildman–Crippen MR) is 157 cm³/mol. The van der Waals surface area contributed by atoms with E-state index in [1.54, 1.807) is 13.2 Å². The molecule has 0 saturated carbocycles. The molecule has 7 nitrogen and oxygen atoms in total. The number of methoxy groups -OCH3 is 1. The van der Waals surface area contributed by atoms with Crippen LogP contribution in [-0.2, 0) is 19.3 Å². The summed E-state index contributed by atoms with van der Waals surface area (Å²) in [7, 11) is 1.68. The lowest BCUT2D eigenvalue weighted by Gasteiger charge is -2.43. The summed E-state index contributed by atoms with van der Waals surface area (Å²) in [6.45, 7) is 6.67. The highest BCUT2D eigenvalue weighted by molar-refractivity contribution is 6.33. The van der Waals surface area contributed by atoms with Crippen LogP contribution in [0, 0.1) is 0 Å². The zero-order valence-electron chi connectivity index (χ0n) is 23.5. The molecule has 3 heterocycles. The van der Waals surface area contributed by atoms with E-state index in [2.05, 4.69) is 37.1 Å². The Balaban J connectivity index is 1.07. The first-order chi connectivity index (χ1) is 20.2. The van der Waals surface area contributed by atoms with E-state index in [9.17, 15) is 18.0 Å². The van der Waals surface area contributed by atoms with Crippen LogP contribution in [0.3, 0.4) is 0 Å². The van der Waals surface area contributed by atoms with Crippen LogP contribution in [-0.4, -0.2) is 73.1 Å². The molecule has 1 amide bonds. The van der Waals surface area contributed by atoms with Gasteiger partial charge < -0.3 is 15.0 Å². The second-order valence-corrected chi connectivity index (χ2v) is 11.2. The second-order valence-electron chi connectivity index (χ2n) is 10.8. The van der Waals surface area contributed by atoms with E-state index in [-0.39, 0.29) is 12.5 Å². The van der Waals surface area contributed by atoms with E-state index < -0.39 is 11.7 Å². The number of aromatic nitrogens is 1. The molecular formula is C31H35ClF3N5O2. The minimum atomic E-state index is -4.39. The standard InChI is InChI=1S/C31H35ClF3N5O2/c1-42-27-8-4-23(5-9-27)21-38-12-10-26(11-13-38)39-14-16-40(17-15-39)29-28(32)18-24(20-36-29)30(41)37-19-22-2-6-25(7-3-22)31(33,34)35/h2-9,18,20,26H,10-17,19,21H2,1H3,(H,37,41). The predicted octanol–water partition coefficient (Wildman–Crippen LogP) is 5.48. The lowest BCUT2D eigenvalue weighted by molar-refractivity contribution is -0.137. The number of pyridine rings is 1. The van der Waals surface area contributed by atoms with Gasteiger partial charge in [-0.05, 0) is 67.4 Å². The zero-order chi connectivity index (χ0) is 29.7. The van der Waals surface area contributed by atoms with Gasteiger partial charge in [-0.2, -0.15) is 13.2 Å². The minimum Gasteiger partial charge on any atom is -0.497 e. The van der Waals surface area contributed by atoms with Gasteiger partial charge in [-0.1, -0.05) is 35.9 Å². The highest BCUT2D eigenvalue weighted by Crippen LogP contribution is 2.29. The van der Waals surface area contributed by atoms with Crippen LogP contribution >= 0.6 is 11.6 Å². The number of nitrogens with one attached hydrogen (secondary N) is 1. The monoisotopic (exact) mass is 601 g/mol. The van der Waals surface area contributed by atoms with E-state index in [4.69, 9.17) is 16.3 Å². The molecule has 2 aliphatic rings. The van der Waals surface area contributed by atoms with Gasteiger partial charge >= 0.3 is 6.18 Å². The summed E-state index contributed by atoms with van der Waals surface area (Å²) in [4.78, 5) is 24.4. The average molecular weight is 602 g/mol. The van der Waals surface area contributed by atoms with Crippen LogP contribution in [0.1, 0.15) is 39.9 Å². The molecule has 2 aromatic carbocycles. The molecule has 0 unspecified atom stereocenters. The van der Waals surface area contributed by atoms with Gasteiger partial charge in [-0.15, -0.1) is 0 Å². The van der Waals surface area contributed by atoms with Crippen molar-refractivity contribution >= 4 is 23.3 Å². The molecule has 2 aliphatic heterocycles. The van der Waals surface area contributed by atoms with Crippen molar-refractivity contribution in [2.45, 2.75) is 38.1 Å². The maximum absolute atomic E-state index is 12.8. The summed E-state index contributed by atoms with van der Waals surface area (Å²) < 4.78 is 43.5. The number of piperidine rings is 1. The van der Waals surface area contributed by atoms with Crippen molar-refractivity contribution in [2.75, 3.05) is 51.3 Å². The van der Waals surface area contributed by atoms with E-state index in [0.29, 0.717) is 28.0 Å². The second kappa shape index (κ2) is 13.3. The van der Waals surface area contributed by atoms with Crippen molar-refractivity contribution in [2.24, 2.45) is 0 Å². The van der Waals surface area contributed by atoms with Crippen LogP contribution in [0.4, 0.5) is 19.0 Å². The van der Waals surface area contributed by atoms with Gasteiger partial charge in [0.15, 0.2) is 0 Å². The fraction of sp³-hybridized carbons (Fsp3) is 0.419. The lowest BCUT2D eigenvalue weighted by atomic mass is 10.0. The molecule has 11 heteroatoms. The number of hydrogen-bond acceptors (Lipinski definition) is 6. The van der Waals surface area contributed by atoms with Crippen molar-refractivity contribution in [3.63, 3.8) is 0 Å². The summed E-state index contributed by atoms with van der Waals surface area (Å²) in [5.41, 5.74) is 1.44.